The average molecular weight is 157 g/mol. The van der Waals surface area contributed by atoms with Crippen LogP contribution >= 0.6 is 0 Å². The minimum Gasteiger partial charge on any atom is -0.396 e. The van der Waals surface area contributed by atoms with Crippen molar-refractivity contribution in [2.75, 3.05) is 19.7 Å². The molecule has 2 heteroatoms. The third-order valence-corrected chi connectivity index (χ3v) is 2.86. The van der Waals surface area contributed by atoms with Gasteiger partial charge in [-0.25, -0.2) is 0 Å². The summed E-state index contributed by atoms with van der Waals surface area (Å²) in [6.07, 6.45) is 0.976. The average Bonchev–Trinajstić information content (AvgIpc) is 1.97. The maximum absolute atomic E-state index is 8.83. The summed E-state index contributed by atoms with van der Waals surface area (Å²) in [5, 5.41) is 12.2. The summed E-state index contributed by atoms with van der Waals surface area (Å²) >= 11 is 0. The molecule has 0 amide bonds. The van der Waals surface area contributed by atoms with Gasteiger partial charge in [0.15, 0.2) is 0 Å². The number of hydrogen-bond donors (Lipinski definition) is 2. The molecule has 0 aliphatic carbocycles. The Bertz CT molecular complexity index is 106. The van der Waals surface area contributed by atoms with Crippen LogP contribution in [0.5, 0.6) is 0 Å². The minimum atomic E-state index is 0.347. The van der Waals surface area contributed by atoms with E-state index in [4.69, 9.17) is 5.11 Å². The first-order chi connectivity index (χ1) is 5.25. The normalized spacial score (nSPS) is 39.0. The van der Waals surface area contributed by atoms with Crippen LogP contribution < -0.4 is 5.32 Å². The molecular weight excluding hydrogens is 138 g/mol. The summed E-state index contributed by atoms with van der Waals surface area (Å²) in [4.78, 5) is 0. The van der Waals surface area contributed by atoms with E-state index in [-0.39, 0.29) is 0 Å². The molecule has 0 bridgehead atoms. The van der Waals surface area contributed by atoms with E-state index in [1.54, 1.807) is 0 Å². The Morgan fingerprint density at radius 3 is 2.27 bits per heavy atom. The van der Waals surface area contributed by atoms with Crippen LogP contribution in [0.1, 0.15) is 20.3 Å². The Kier molecular flexibility index (Phi) is 3.34. The molecule has 2 N–H and O–H groups in total. The zero-order valence-electron chi connectivity index (χ0n) is 7.51. The van der Waals surface area contributed by atoms with Crippen molar-refractivity contribution < 1.29 is 5.11 Å². The van der Waals surface area contributed by atoms with Gasteiger partial charge in [0.25, 0.3) is 0 Å². The van der Waals surface area contributed by atoms with Gasteiger partial charge in [0.05, 0.1) is 0 Å². The molecule has 2 atom stereocenters. The van der Waals surface area contributed by atoms with E-state index >= 15 is 0 Å². The summed E-state index contributed by atoms with van der Waals surface area (Å²) in [5.41, 5.74) is 0. The molecule has 0 spiro atoms. The predicted molar refractivity (Wildman–Crippen MR) is 46.4 cm³/mol. The van der Waals surface area contributed by atoms with Crippen LogP contribution in [0.15, 0.2) is 0 Å². The van der Waals surface area contributed by atoms with Crippen molar-refractivity contribution in [1.29, 1.82) is 0 Å². The molecule has 66 valence electrons. The van der Waals surface area contributed by atoms with Crippen LogP contribution in [0.3, 0.4) is 0 Å². The number of aliphatic hydroxyl groups excluding tert-OH is 1. The van der Waals surface area contributed by atoms with Crippen LogP contribution in [0.2, 0.25) is 0 Å². The lowest BCUT2D eigenvalue weighted by Gasteiger charge is -2.34. The third kappa shape index (κ3) is 2.17. The molecule has 1 saturated heterocycles. The van der Waals surface area contributed by atoms with Crippen molar-refractivity contribution in [3.8, 4) is 0 Å². The quantitative estimate of drug-likeness (QED) is 0.623. The maximum Gasteiger partial charge on any atom is 0.0433 e. The standard InChI is InChI=1S/C9H19NO/c1-7-5-10-6-8(2)9(7)3-4-11/h7-11H,3-6H2,1-2H3. The number of rotatable bonds is 2. The highest BCUT2D eigenvalue weighted by atomic mass is 16.3. The fourth-order valence-corrected chi connectivity index (χ4v) is 2.12. The van der Waals surface area contributed by atoms with Crippen LogP contribution in [0, 0.1) is 17.8 Å². The lowest BCUT2D eigenvalue weighted by atomic mass is 9.78. The molecule has 1 fully saturated rings. The summed E-state index contributed by atoms with van der Waals surface area (Å²) in [6.45, 7) is 7.12. The van der Waals surface area contributed by atoms with Gasteiger partial charge in [-0.05, 0) is 37.3 Å². The van der Waals surface area contributed by atoms with Crippen molar-refractivity contribution in [1.82, 2.24) is 5.32 Å². The lowest BCUT2D eigenvalue weighted by molar-refractivity contribution is 0.148. The highest BCUT2D eigenvalue weighted by Gasteiger charge is 2.26. The molecule has 1 aliphatic heterocycles. The van der Waals surface area contributed by atoms with Crippen LogP contribution in [0.4, 0.5) is 0 Å². The number of piperidine rings is 1. The van der Waals surface area contributed by atoms with Gasteiger partial charge >= 0.3 is 0 Å². The Morgan fingerprint density at radius 2 is 1.82 bits per heavy atom. The van der Waals surface area contributed by atoms with E-state index in [1.807, 2.05) is 0 Å². The van der Waals surface area contributed by atoms with Gasteiger partial charge in [0.1, 0.15) is 0 Å². The molecule has 1 heterocycles. The van der Waals surface area contributed by atoms with E-state index in [0.29, 0.717) is 6.61 Å². The molecule has 1 rings (SSSR count). The first-order valence-electron chi connectivity index (χ1n) is 4.57. The lowest BCUT2D eigenvalue weighted by Crippen LogP contribution is -2.41. The van der Waals surface area contributed by atoms with Crippen molar-refractivity contribution in [2.45, 2.75) is 20.3 Å². The maximum atomic E-state index is 8.83. The first-order valence-corrected chi connectivity index (χ1v) is 4.57. The van der Waals surface area contributed by atoms with Crippen molar-refractivity contribution in [3.63, 3.8) is 0 Å². The van der Waals surface area contributed by atoms with Gasteiger partial charge in [-0.15, -0.1) is 0 Å². The molecule has 0 aromatic carbocycles. The molecule has 0 saturated carbocycles. The SMILES string of the molecule is CC1CNCC(C)C1CCO. The predicted octanol–water partition coefficient (Wildman–Crippen LogP) is 0.860. The highest BCUT2D eigenvalue weighted by Crippen LogP contribution is 2.26. The van der Waals surface area contributed by atoms with Gasteiger partial charge in [0.2, 0.25) is 0 Å². The van der Waals surface area contributed by atoms with Gasteiger partial charge in [0, 0.05) is 6.61 Å². The Balaban J connectivity index is 2.41. The Morgan fingerprint density at radius 1 is 1.27 bits per heavy atom. The van der Waals surface area contributed by atoms with Gasteiger partial charge in [-0.2, -0.15) is 0 Å². The molecular formula is C9H19NO. The summed E-state index contributed by atoms with van der Waals surface area (Å²) in [5.74, 6) is 2.18. The van der Waals surface area contributed by atoms with E-state index in [1.165, 1.54) is 0 Å². The fourth-order valence-electron chi connectivity index (χ4n) is 2.12. The van der Waals surface area contributed by atoms with Gasteiger partial charge in [-0.1, -0.05) is 13.8 Å². The Labute approximate surface area is 69.0 Å². The molecule has 0 radical (unpaired) electrons. The largest absolute Gasteiger partial charge is 0.396 e. The third-order valence-electron chi connectivity index (χ3n) is 2.86. The van der Waals surface area contributed by atoms with Gasteiger partial charge in [-0.3, -0.25) is 0 Å². The van der Waals surface area contributed by atoms with Crippen LogP contribution in [0.25, 0.3) is 0 Å². The monoisotopic (exact) mass is 157 g/mol. The van der Waals surface area contributed by atoms with E-state index in [9.17, 15) is 0 Å². The number of hydrogen-bond acceptors (Lipinski definition) is 2. The minimum absolute atomic E-state index is 0.347. The van der Waals surface area contributed by atoms with E-state index in [2.05, 4.69) is 19.2 Å². The molecule has 0 aromatic heterocycles. The van der Waals surface area contributed by atoms with Crippen LogP contribution in [-0.4, -0.2) is 24.8 Å². The Hall–Kier alpha value is -0.0800. The second-order valence-corrected chi connectivity index (χ2v) is 3.79. The number of nitrogens with one attached hydrogen (secondary N) is 1. The molecule has 2 nitrogen and oxygen atoms in total. The van der Waals surface area contributed by atoms with Crippen molar-refractivity contribution >= 4 is 0 Å². The zero-order chi connectivity index (χ0) is 8.27. The molecule has 2 unspecified atom stereocenters. The number of aliphatic hydroxyl groups is 1. The topological polar surface area (TPSA) is 32.3 Å². The highest BCUT2D eigenvalue weighted by molar-refractivity contribution is 4.79. The summed E-state index contributed by atoms with van der Waals surface area (Å²) in [7, 11) is 0. The van der Waals surface area contributed by atoms with Crippen LogP contribution in [-0.2, 0) is 0 Å². The van der Waals surface area contributed by atoms with E-state index in [0.717, 1.165) is 37.3 Å². The van der Waals surface area contributed by atoms with E-state index < -0.39 is 0 Å². The zero-order valence-corrected chi connectivity index (χ0v) is 7.51. The van der Waals surface area contributed by atoms with Gasteiger partial charge < -0.3 is 10.4 Å². The summed E-state index contributed by atoms with van der Waals surface area (Å²) < 4.78 is 0. The molecule has 0 aromatic rings. The summed E-state index contributed by atoms with van der Waals surface area (Å²) in [6, 6.07) is 0. The van der Waals surface area contributed by atoms with Crippen molar-refractivity contribution in [2.24, 2.45) is 17.8 Å². The second kappa shape index (κ2) is 4.07. The first kappa shape index (κ1) is 9.01. The molecule has 11 heavy (non-hydrogen) atoms. The second-order valence-electron chi connectivity index (χ2n) is 3.79. The van der Waals surface area contributed by atoms with Crippen molar-refractivity contribution in [3.05, 3.63) is 0 Å². The smallest absolute Gasteiger partial charge is 0.0433 e. The fraction of sp³-hybridized carbons (Fsp3) is 1.00. The molecule has 1 aliphatic rings.